The van der Waals surface area contributed by atoms with Gasteiger partial charge in [0, 0.05) is 33.5 Å². The molecule has 0 saturated heterocycles. The van der Waals surface area contributed by atoms with Gasteiger partial charge in [-0.2, -0.15) is 0 Å². The number of aromatic nitrogens is 1. The van der Waals surface area contributed by atoms with E-state index in [1.807, 2.05) is 22.9 Å². The standard InChI is InChI=1S/C21H18Cl2N2O5S/c1-29-19-10-13(20(26)25-31(2,27)28)7-8-16(19)15-9-18(23)21(24-11-15)30-12-14-5-3-4-6-17(14)22/h3-11H,12H2,1-2H3,(H,25,26). The number of sulfonamides is 1. The second-order valence-corrected chi connectivity index (χ2v) is 9.07. The molecule has 7 nitrogen and oxygen atoms in total. The molecule has 31 heavy (non-hydrogen) atoms. The summed E-state index contributed by atoms with van der Waals surface area (Å²) in [4.78, 5) is 16.4. The van der Waals surface area contributed by atoms with Crippen LogP contribution in [-0.2, 0) is 16.6 Å². The van der Waals surface area contributed by atoms with E-state index in [0.29, 0.717) is 21.9 Å². The summed E-state index contributed by atoms with van der Waals surface area (Å²) in [6, 6.07) is 13.5. The Labute approximate surface area is 190 Å². The van der Waals surface area contributed by atoms with E-state index in [9.17, 15) is 13.2 Å². The third-order valence-corrected chi connectivity index (χ3v) is 5.38. The number of amides is 1. The zero-order chi connectivity index (χ0) is 22.6. The average molecular weight is 481 g/mol. The van der Waals surface area contributed by atoms with E-state index in [2.05, 4.69) is 4.98 Å². The van der Waals surface area contributed by atoms with Crippen molar-refractivity contribution in [3.8, 4) is 22.8 Å². The molecule has 0 aliphatic heterocycles. The number of ether oxygens (including phenoxy) is 2. The molecule has 0 unspecified atom stereocenters. The van der Waals surface area contributed by atoms with Crippen LogP contribution in [0.15, 0.2) is 54.7 Å². The van der Waals surface area contributed by atoms with Crippen LogP contribution in [0.1, 0.15) is 15.9 Å². The van der Waals surface area contributed by atoms with Crippen molar-refractivity contribution in [3.63, 3.8) is 0 Å². The first-order chi connectivity index (χ1) is 14.7. The summed E-state index contributed by atoms with van der Waals surface area (Å²) in [5.74, 6) is -0.163. The number of halogens is 2. The van der Waals surface area contributed by atoms with Crippen LogP contribution in [0.5, 0.6) is 11.6 Å². The smallest absolute Gasteiger partial charge is 0.264 e. The number of pyridine rings is 1. The van der Waals surface area contributed by atoms with Gasteiger partial charge in [0.2, 0.25) is 15.9 Å². The molecule has 3 aromatic rings. The molecular weight excluding hydrogens is 463 g/mol. The van der Waals surface area contributed by atoms with E-state index in [-0.39, 0.29) is 23.1 Å². The SMILES string of the molecule is COc1cc(C(=O)NS(C)(=O)=O)ccc1-c1cnc(OCc2ccccc2Cl)c(Cl)c1. The number of nitrogens with one attached hydrogen (secondary N) is 1. The Kier molecular flexibility index (Phi) is 7.04. The second kappa shape index (κ2) is 9.55. The van der Waals surface area contributed by atoms with Gasteiger partial charge in [-0.25, -0.2) is 18.1 Å². The number of nitrogens with zero attached hydrogens (tertiary/aromatic N) is 1. The summed E-state index contributed by atoms with van der Waals surface area (Å²) in [6.07, 6.45) is 2.46. The van der Waals surface area contributed by atoms with Crippen molar-refractivity contribution < 1.29 is 22.7 Å². The van der Waals surface area contributed by atoms with Gasteiger partial charge in [-0.3, -0.25) is 4.79 Å². The maximum atomic E-state index is 12.1. The first-order valence-electron chi connectivity index (χ1n) is 8.90. The predicted octanol–water partition coefficient (Wildman–Crippen LogP) is 4.33. The summed E-state index contributed by atoms with van der Waals surface area (Å²) in [7, 11) is -2.24. The molecule has 0 spiro atoms. The number of hydrogen-bond acceptors (Lipinski definition) is 6. The Morgan fingerprint density at radius 3 is 2.48 bits per heavy atom. The van der Waals surface area contributed by atoms with Crippen molar-refractivity contribution in [1.82, 2.24) is 9.71 Å². The molecule has 1 amide bonds. The van der Waals surface area contributed by atoms with Gasteiger partial charge in [0.05, 0.1) is 13.4 Å². The van der Waals surface area contributed by atoms with E-state index >= 15 is 0 Å². The number of rotatable bonds is 7. The number of benzene rings is 2. The van der Waals surface area contributed by atoms with Gasteiger partial charge in [0.15, 0.2) is 0 Å². The minimum absolute atomic E-state index is 0.129. The summed E-state index contributed by atoms with van der Waals surface area (Å²) in [6.45, 7) is 0.208. The molecule has 10 heteroatoms. The van der Waals surface area contributed by atoms with E-state index in [4.69, 9.17) is 32.7 Å². The Balaban J connectivity index is 1.83. The highest BCUT2D eigenvalue weighted by molar-refractivity contribution is 7.89. The molecule has 162 valence electrons. The average Bonchev–Trinajstić information content (AvgIpc) is 2.72. The summed E-state index contributed by atoms with van der Waals surface area (Å²) >= 11 is 12.5. The van der Waals surface area contributed by atoms with Crippen molar-refractivity contribution in [1.29, 1.82) is 0 Å². The van der Waals surface area contributed by atoms with E-state index < -0.39 is 15.9 Å². The lowest BCUT2D eigenvalue weighted by Crippen LogP contribution is -2.29. The summed E-state index contributed by atoms with van der Waals surface area (Å²) in [5.41, 5.74) is 2.17. The van der Waals surface area contributed by atoms with E-state index in [1.165, 1.54) is 19.2 Å². The number of carbonyl (C=O) groups is 1. The first kappa shape index (κ1) is 22.9. The third kappa shape index (κ3) is 5.88. The van der Waals surface area contributed by atoms with E-state index in [0.717, 1.165) is 11.8 Å². The summed E-state index contributed by atoms with van der Waals surface area (Å²) in [5, 5.41) is 0.866. The fourth-order valence-corrected chi connectivity index (χ4v) is 3.60. The number of hydrogen-bond donors (Lipinski definition) is 1. The van der Waals surface area contributed by atoms with Crippen molar-refractivity contribution >= 4 is 39.1 Å². The van der Waals surface area contributed by atoms with Gasteiger partial charge in [0.25, 0.3) is 5.91 Å². The van der Waals surface area contributed by atoms with Crippen molar-refractivity contribution in [2.24, 2.45) is 0 Å². The van der Waals surface area contributed by atoms with Crippen LogP contribution in [0.2, 0.25) is 10.0 Å². The maximum absolute atomic E-state index is 12.1. The highest BCUT2D eigenvalue weighted by Crippen LogP contribution is 2.34. The van der Waals surface area contributed by atoms with Crippen molar-refractivity contribution in [2.75, 3.05) is 13.4 Å². The van der Waals surface area contributed by atoms with E-state index in [1.54, 1.807) is 24.4 Å². The number of methoxy groups -OCH3 is 1. The quantitative estimate of drug-likeness (QED) is 0.540. The molecule has 1 N–H and O–H groups in total. The van der Waals surface area contributed by atoms with Crippen LogP contribution >= 0.6 is 23.2 Å². The van der Waals surface area contributed by atoms with Crippen LogP contribution in [-0.4, -0.2) is 32.7 Å². The molecule has 3 rings (SSSR count). The minimum Gasteiger partial charge on any atom is -0.496 e. The molecule has 0 bridgehead atoms. The van der Waals surface area contributed by atoms with Crippen LogP contribution in [0.25, 0.3) is 11.1 Å². The first-order valence-corrected chi connectivity index (χ1v) is 11.5. The monoisotopic (exact) mass is 480 g/mol. The zero-order valence-corrected chi connectivity index (χ0v) is 18.9. The predicted molar refractivity (Wildman–Crippen MR) is 119 cm³/mol. The molecule has 2 aromatic carbocycles. The normalized spacial score (nSPS) is 11.1. The molecule has 0 aliphatic rings. The molecular formula is C21H18Cl2N2O5S. The lowest BCUT2D eigenvalue weighted by atomic mass is 10.0. The molecule has 0 saturated carbocycles. The zero-order valence-electron chi connectivity index (χ0n) is 16.6. The van der Waals surface area contributed by atoms with Crippen LogP contribution < -0.4 is 14.2 Å². The molecule has 0 radical (unpaired) electrons. The topological polar surface area (TPSA) is 94.6 Å². The summed E-state index contributed by atoms with van der Waals surface area (Å²) < 4.78 is 35.5. The molecule has 0 fully saturated rings. The van der Waals surface area contributed by atoms with Gasteiger partial charge >= 0.3 is 0 Å². The fourth-order valence-electron chi connectivity index (χ4n) is 2.74. The largest absolute Gasteiger partial charge is 0.496 e. The molecule has 1 heterocycles. The molecule has 0 aliphatic carbocycles. The Bertz CT molecular complexity index is 1230. The van der Waals surface area contributed by atoms with Gasteiger partial charge < -0.3 is 9.47 Å². The van der Waals surface area contributed by atoms with Crippen LogP contribution in [0.3, 0.4) is 0 Å². The Morgan fingerprint density at radius 2 is 1.84 bits per heavy atom. The highest BCUT2D eigenvalue weighted by Gasteiger charge is 2.16. The van der Waals surface area contributed by atoms with Gasteiger partial charge in [-0.1, -0.05) is 41.4 Å². The Morgan fingerprint density at radius 1 is 1.10 bits per heavy atom. The lowest BCUT2D eigenvalue weighted by Gasteiger charge is -2.13. The Hall–Kier alpha value is -2.81. The fraction of sp³-hybridized carbons (Fsp3) is 0.143. The van der Waals surface area contributed by atoms with Gasteiger partial charge in [-0.05, 0) is 30.3 Å². The van der Waals surface area contributed by atoms with Crippen LogP contribution in [0.4, 0.5) is 0 Å². The lowest BCUT2D eigenvalue weighted by molar-refractivity contribution is 0.0981. The number of carbonyl (C=O) groups excluding carboxylic acids is 1. The van der Waals surface area contributed by atoms with Crippen LogP contribution in [0, 0.1) is 0 Å². The van der Waals surface area contributed by atoms with Crippen molar-refractivity contribution in [2.45, 2.75) is 6.61 Å². The van der Waals surface area contributed by atoms with Crippen molar-refractivity contribution in [3.05, 3.63) is 75.9 Å². The van der Waals surface area contributed by atoms with Gasteiger partial charge in [0.1, 0.15) is 17.4 Å². The minimum atomic E-state index is -3.68. The maximum Gasteiger partial charge on any atom is 0.264 e. The van der Waals surface area contributed by atoms with Gasteiger partial charge in [-0.15, -0.1) is 0 Å². The molecule has 0 atom stereocenters. The molecule has 1 aromatic heterocycles. The highest BCUT2D eigenvalue weighted by atomic mass is 35.5. The third-order valence-electron chi connectivity index (χ3n) is 4.18. The second-order valence-electron chi connectivity index (χ2n) is 6.51.